The summed E-state index contributed by atoms with van der Waals surface area (Å²) in [5.41, 5.74) is 0.493. The lowest BCUT2D eigenvalue weighted by Crippen LogP contribution is -2.38. The Morgan fingerprint density at radius 1 is 1.32 bits per heavy atom. The van der Waals surface area contributed by atoms with E-state index in [1.165, 1.54) is 12.1 Å². The van der Waals surface area contributed by atoms with Crippen molar-refractivity contribution in [3.8, 4) is 0 Å². The number of benzene rings is 1. The van der Waals surface area contributed by atoms with Crippen molar-refractivity contribution in [2.45, 2.75) is 36.3 Å². The molecule has 2 unspecified atom stereocenters. The summed E-state index contributed by atoms with van der Waals surface area (Å²) in [5, 5.41) is 3.23. The van der Waals surface area contributed by atoms with Crippen LogP contribution < -0.4 is 10.0 Å². The first-order valence-electron chi connectivity index (χ1n) is 8.66. The largest absolute Gasteiger partial charge is 0.377 e. The fourth-order valence-electron chi connectivity index (χ4n) is 3.21. The van der Waals surface area contributed by atoms with Gasteiger partial charge in [0.1, 0.15) is 0 Å². The number of sulfonamides is 1. The highest BCUT2D eigenvalue weighted by Gasteiger charge is 2.25. The summed E-state index contributed by atoms with van der Waals surface area (Å²) in [6.07, 6.45) is 2.72. The molecule has 2 saturated heterocycles. The van der Waals surface area contributed by atoms with E-state index in [4.69, 9.17) is 4.74 Å². The maximum atomic E-state index is 12.5. The van der Waals surface area contributed by atoms with Crippen molar-refractivity contribution >= 4 is 15.9 Å². The zero-order valence-electron chi connectivity index (χ0n) is 14.4. The van der Waals surface area contributed by atoms with Crippen molar-refractivity contribution < 1.29 is 17.9 Å². The number of nitrogens with one attached hydrogen (secondary N) is 2. The Kier molecular flexibility index (Phi) is 5.73. The summed E-state index contributed by atoms with van der Waals surface area (Å²) in [6, 6.07) is 6.28. The van der Waals surface area contributed by atoms with Gasteiger partial charge < -0.3 is 15.0 Å². The second-order valence-electron chi connectivity index (χ2n) is 6.57. The lowest BCUT2D eigenvalue weighted by atomic mass is 10.1. The van der Waals surface area contributed by atoms with Crippen LogP contribution in [0.3, 0.4) is 0 Å². The summed E-state index contributed by atoms with van der Waals surface area (Å²) in [5.74, 6) is -0.0926. The molecular weight excluding hydrogens is 342 g/mol. The molecule has 25 heavy (non-hydrogen) atoms. The van der Waals surface area contributed by atoms with Gasteiger partial charge in [0.05, 0.1) is 11.0 Å². The molecule has 2 heterocycles. The zero-order valence-corrected chi connectivity index (χ0v) is 15.2. The normalized spacial score (nSPS) is 23.7. The number of rotatable bonds is 6. The second kappa shape index (κ2) is 7.82. The van der Waals surface area contributed by atoms with Crippen molar-refractivity contribution in [3.63, 3.8) is 0 Å². The third-order valence-electron chi connectivity index (χ3n) is 4.84. The van der Waals surface area contributed by atoms with Gasteiger partial charge in [-0.2, -0.15) is 0 Å². The van der Waals surface area contributed by atoms with E-state index in [1.54, 1.807) is 24.1 Å². The van der Waals surface area contributed by atoms with Crippen molar-refractivity contribution in [3.05, 3.63) is 29.8 Å². The summed E-state index contributed by atoms with van der Waals surface area (Å²) in [6.45, 7) is 2.67. The molecular formula is C17H25N3O4S. The fourth-order valence-corrected chi connectivity index (χ4v) is 4.27. The number of likely N-dealkylation sites (N-methyl/N-ethyl adjacent to an activating group) is 1. The Bertz CT molecular complexity index is 693. The van der Waals surface area contributed by atoms with Gasteiger partial charge in [-0.15, -0.1) is 0 Å². The molecule has 138 valence electrons. The lowest BCUT2D eigenvalue weighted by Gasteiger charge is -2.23. The van der Waals surface area contributed by atoms with Crippen molar-refractivity contribution in [2.24, 2.45) is 0 Å². The van der Waals surface area contributed by atoms with Crippen LogP contribution in [0.25, 0.3) is 0 Å². The first-order valence-corrected chi connectivity index (χ1v) is 10.1. The standard InChI is InChI=1S/C17H25N3O4S/c1-20(14-8-9-18-11-14)17(21)13-4-6-16(7-5-13)25(22,23)19-12-15-3-2-10-24-15/h4-7,14-15,18-19H,2-3,8-12H2,1H3. The quantitative estimate of drug-likeness (QED) is 0.768. The average molecular weight is 367 g/mol. The number of carbonyl (C=O) groups is 1. The summed E-state index contributed by atoms with van der Waals surface area (Å²) in [7, 11) is -1.81. The van der Waals surface area contributed by atoms with E-state index < -0.39 is 10.0 Å². The number of hydrogen-bond acceptors (Lipinski definition) is 5. The van der Waals surface area contributed by atoms with Crippen LogP contribution in [0, 0.1) is 0 Å². The molecule has 0 aromatic heterocycles. The van der Waals surface area contributed by atoms with E-state index in [0.29, 0.717) is 12.2 Å². The van der Waals surface area contributed by atoms with Crippen molar-refractivity contribution in [1.82, 2.24) is 14.9 Å². The molecule has 0 aliphatic carbocycles. The van der Waals surface area contributed by atoms with Crippen molar-refractivity contribution in [2.75, 3.05) is 33.3 Å². The van der Waals surface area contributed by atoms with Gasteiger partial charge in [0.2, 0.25) is 10.0 Å². The SMILES string of the molecule is CN(C(=O)c1ccc(S(=O)(=O)NCC2CCCO2)cc1)C1CCNC1. The average Bonchev–Trinajstić information content (AvgIpc) is 3.32. The van der Waals surface area contributed by atoms with Crippen LogP contribution in [0.15, 0.2) is 29.2 Å². The topological polar surface area (TPSA) is 87.7 Å². The van der Waals surface area contributed by atoms with Crippen LogP contribution in [0.5, 0.6) is 0 Å². The summed E-state index contributed by atoms with van der Waals surface area (Å²) < 4.78 is 32.7. The minimum atomic E-state index is -3.59. The number of hydrogen-bond donors (Lipinski definition) is 2. The maximum Gasteiger partial charge on any atom is 0.253 e. The smallest absolute Gasteiger partial charge is 0.253 e. The monoisotopic (exact) mass is 367 g/mol. The Hall–Kier alpha value is -1.48. The molecule has 1 aromatic carbocycles. The molecule has 8 heteroatoms. The van der Waals surface area contributed by atoms with Crippen molar-refractivity contribution in [1.29, 1.82) is 0 Å². The summed E-state index contributed by atoms with van der Waals surface area (Å²) in [4.78, 5) is 14.4. The molecule has 0 saturated carbocycles. The highest BCUT2D eigenvalue weighted by Crippen LogP contribution is 2.16. The number of amides is 1. The minimum absolute atomic E-state index is 0.0516. The predicted octanol–water partition coefficient (Wildman–Crippen LogP) is 0.578. The third-order valence-corrected chi connectivity index (χ3v) is 6.28. The first kappa shape index (κ1) is 18.3. The summed E-state index contributed by atoms with van der Waals surface area (Å²) >= 11 is 0. The van der Waals surface area contributed by atoms with Crippen LogP contribution in [-0.4, -0.2) is 64.7 Å². The predicted molar refractivity (Wildman–Crippen MR) is 94.0 cm³/mol. The van der Waals surface area contributed by atoms with E-state index in [0.717, 1.165) is 32.4 Å². The zero-order chi connectivity index (χ0) is 17.9. The van der Waals surface area contributed by atoms with E-state index in [9.17, 15) is 13.2 Å². The van der Waals surface area contributed by atoms with Gasteiger partial charge in [-0.25, -0.2) is 13.1 Å². The highest BCUT2D eigenvalue weighted by atomic mass is 32.2. The molecule has 2 aliphatic rings. The third kappa shape index (κ3) is 4.38. The molecule has 0 radical (unpaired) electrons. The van der Waals surface area contributed by atoms with E-state index in [-0.39, 0.29) is 29.5 Å². The van der Waals surface area contributed by atoms with Crippen LogP contribution in [0.2, 0.25) is 0 Å². The van der Waals surface area contributed by atoms with Gasteiger partial charge in [0.15, 0.2) is 0 Å². The second-order valence-corrected chi connectivity index (χ2v) is 8.34. The van der Waals surface area contributed by atoms with E-state index in [2.05, 4.69) is 10.0 Å². The molecule has 7 nitrogen and oxygen atoms in total. The number of ether oxygens (including phenoxy) is 1. The Labute approximate surface area is 148 Å². The molecule has 2 aliphatic heterocycles. The number of nitrogens with zero attached hydrogens (tertiary/aromatic N) is 1. The van der Waals surface area contributed by atoms with Gasteiger partial charge >= 0.3 is 0 Å². The Balaban J connectivity index is 1.63. The van der Waals surface area contributed by atoms with Gasteiger partial charge in [-0.3, -0.25) is 4.79 Å². The van der Waals surface area contributed by atoms with Crippen LogP contribution >= 0.6 is 0 Å². The molecule has 0 bridgehead atoms. The lowest BCUT2D eigenvalue weighted by molar-refractivity contribution is 0.0743. The van der Waals surface area contributed by atoms with E-state index in [1.807, 2.05) is 0 Å². The molecule has 2 N–H and O–H groups in total. The van der Waals surface area contributed by atoms with E-state index >= 15 is 0 Å². The molecule has 3 rings (SSSR count). The van der Waals surface area contributed by atoms with Gasteiger partial charge in [0, 0.05) is 38.3 Å². The molecule has 2 atom stereocenters. The molecule has 1 amide bonds. The Morgan fingerprint density at radius 3 is 2.68 bits per heavy atom. The van der Waals surface area contributed by atoms with Gasteiger partial charge in [-0.05, 0) is 50.1 Å². The van der Waals surface area contributed by atoms with Crippen LogP contribution in [0.1, 0.15) is 29.6 Å². The number of carbonyl (C=O) groups excluding carboxylic acids is 1. The molecule has 0 spiro atoms. The minimum Gasteiger partial charge on any atom is -0.377 e. The Morgan fingerprint density at radius 2 is 2.08 bits per heavy atom. The first-order chi connectivity index (χ1) is 12.0. The maximum absolute atomic E-state index is 12.5. The van der Waals surface area contributed by atoms with Gasteiger partial charge in [-0.1, -0.05) is 0 Å². The van der Waals surface area contributed by atoms with Crippen LogP contribution in [-0.2, 0) is 14.8 Å². The fraction of sp³-hybridized carbons (Fsp3) is 0.588. The highest BCUT2D eigenvalue weighted by molar-refractivity contribution is 7.89. The van der Waals surface area contributed by atoms with Crippen LogP contribution in [0.4, 0.5) is 0 Å². The molecule has 2 fully saturated rings. The molecule has 1 aromatic rings. The van der Waals surface area contributed by atoms with Gasteiger partial charge in [0.25, 0.3) is 5.91 Å².